The summed E-state index contributed by atoms with van der Waals surface area (Å²) in [7, 11) is 4.01. The summed E-state index contributed by atoms with van der Waals surface area (Å²) in [5, 5.41) is 0. The van der Waals surface area contributed by atoms with Gasteiger partial charge in [-0.3, -0.25) is 0 Å². The summed E-state index contributed by atoms with van der Waals surface area (Å²) >= 11 is 0. The lowest BCUT2D eigenvalue weighted by molar-refractivity contribution is 0.366. The molecule has 0 unspecified atom stereocenters. The van der Waals surface area contributed by atoms with E-state index >= 15 is 0 Å². The lowest BCUT2D eigenvalue weighted by Crippen LogP contribution is -2.24. The summed E-state index contributed by atoms with van der Waals surface area (Å²) < 4.78 is 0. The zero-order valence-corrected chi connectivity index (χ0v) is 6.88. The van der Waals surface area contributed by atoms with Crippen LogP contribution in [0.1, 0.15) is 0 Å². The summed E-state index contributed by atoms with van der Waals surface area (Å²) in [6.45, 7) is 9.28. The van der Waals surface area contributed by atoms with Crippen LogP contribution in [-0.4, -0.2) is 37.0 Å². The quantitative estimate of drug-likeness (QED) is 0.565. The molecular weight excluding hydrogens is 124 g/mol. The monoisotopic (exact) mass is 140 g/mol. The average molecular weight is 140 g/mol. The van der Waals surface area contributed by atoms with Crippen LogP contribution >= 0.6 is 0 Å². The molecule has 0 aromatic rings. The first kappa shape index (κ1) is 9.08. The summed E-state index contributed by atoms with van der Waals surface area (Å²) in [5.41, 5.74) is 0. The van der Waals surface area contributed by atoms with Gasteiger partial charge in [0.15, 0.2) is 0 Å². The molecule has 0 aliphatic heterocycles. The molecule has 0 aromatic carbocycles. The van der Waals surface area contributed by atoms with Gasteiger partial charge < -0.3 is 9.80 Å². The fourth-order valence-corrected chi connectivity index (χ4v) is 0.498. The van der Waals surface area contributed by atoms with Crippen molar-refractivity contribution in [1.82, 2.24) is 9.80 Å². The third-order valence-corrected chi connectivity index (χ3v) is 1.43. The number of likely N-dealkylation sites (N-methyl/N-ethyl adjacent to an activating group) is 2. The number of hydrogen-bond acceptors (Lipinski definition) is 2. The Morgan fingerprint density at radius 3 is 1.50 bits per heavy atom. The Morgan fingerprint density at radius 1 is 1.00 bits per heavy atom. The number of hydrogen-bond donors (Lipinski definition) is 0. The molecule has 0 fully saturated rings. The van der Waals surface area contributed by atoms with Crippen LogP contribution in [0.25, 0.3) is 0 Å². The summed E-state index contributed by atoms with van der Waals surface area (Å²) in [4.78, 5) is 4.08. The molecule has 58 valence electrons. The Kier molecular flexibility index (Phi) is 4.46. The van der Waals surface area contributed by atoms with E-state index in [4.69, 9.17) is 0 Å². The van der Waals surface area contributed by atoms with E-state index in [2.05, 4.69) is 13.2 Å². The van der Waals surface area contributed by atoms with Crippen molar-refractivity contribution < 1.29 is 0 Å². The molecule has 0 bridgehead atoms. The van der Waals surface area contributed by atoms with E-state index in [-0.39, 0.29) is 0 Å². The van der Waals surface area contributed by atoms with E-state index < -0.39 is 0 Å². The van der Waals surface area contributed by atoms with Crippen molar-refractivity contribution in [1.29, 1.82) is 0 Å². The fourth-order valence-electron chi connectivity index (χ4n) is 0.498. The van der Waals surface area contributed by atoms with Gasteiger partial charge in [0, 0.05) is 27.2 Å². The third kappa shape index (κ3) is 4.01. The largest absolute Gasteiger partial charge is 0.379 e. The van der Waals surface area contributed by atoms with E-state index in [0.29, 0.717) is 0 Å². The molecule has 0 radical (unpaired) electrons. The predicted octanol–water partition coefficient (Wildman–Crippen LogP) is 1.14. The molecule has 0 saturated carbocycles. The van der Waals surface area contributed by atoms with E-state index in [1.165, 1.54) is 0 Å². The molecule has 2 nitrogen and oxygen atoms in total. The van der Waals surface area contributed by atoms with Gasteiger partial charge in [0.25, 0.3) is 0 Å². The molecule has 2 heteroatoms. The van der Waals surface area contributed by atoms with E-state index in [0.717, 1.165) is 13.1 Å². The molecule has 0 amide bonds. The molecular formula is C8H16N2. The highest BCUT2D eigenvalue weighted by atomic mass is 15.1. The standard InChI is InChI=1S/C8H16N2/c1-5-9(3)7-8-10(4)6-2/h5-6H,1-2,7-8H2,3-4H3. The average Bonchev–Trinajstić information content (AvgIpc) is 1.99. The van der Waals surface area contributed by atoms with Crippen LogP contribution in [0, 0.1) is 0 Å². The van der Waals surface area contributed by atoms with Gasteiger partial charge in [-0.25, -0.2) is 0 Å². The maximum absolute atomic E-state index is 3.65. The Hall–Kier alpha value is -0.920. The Balaban J connectivity index is 3.34. The maximum atomic E-state index is 3.65. The summed E-state index contributed by atoms with van der Waals surface area (Å²) in [5.74, 6) is 0. The van der Waals surface area contributed by atoms with E-state index in [9.17, 15) is 0 Å². The van der Waals surface area contributed by atoms with Gasteiger partial charge in [0.1, 0.15) is 0 Å². The predicted molar refractivity (Wildman–Crippen MR) is 45.7 cm³/mol. The molecule has 0 aromatic heterocycles. The van der Waals surface area contributed by atoms with Crippen molar-refractivity contribution in [2.24, 2.45) is 0 Å². The highest BCUT2D eigenvalue weighted by Crippen LogP contribution is 1.85. The van der Waals surface area contributed by atoms with Crippen molar-refractivity contribution in [2.75, 3.05) is 27.2 Å². The summed E-state index contributed by atoms with van der Waals surface area (Å²) in [6, 6.07) is 0. The Labute approximate surface area is 63.4 Å². The minimum absolute atomic E-state index is 0.992. The Bertz CT molecular complexity index is 95.8. The molecule has 0 aliphatic rings. The number of rotatable bonds is 5. The van der Waals surface area contributed by atoms with Crippen LogP contribution in [0.5, 0.6) is 0 Å². The zero-order valence-electron chi connectivity index (χ0n) is 6.88. The molecule has 0 spiro atoms. The molecule has 0 aliphatic carbocycles. The van der Waals surface area contributed by atoms with Crippen LogP contribution in [0.3, 0.4) is 0 Å². The normalized spacial score (nSPS) is 8.60. The SMILES string of the molecule is C=CN(C)CCN(C)C=C. The van der Waals surface area contributed by atoms with Crippen molar-refractivity contribution in [2.45, 2.75) is 0 Å². The van der Waals surface area contributed by atoms with Crippen molar-refractivity contribution in [3.63, 3.8) is 0 Å². The van der Waals surface area contributed by atoms with Crippen LogP contribution in [0.4, 0.5) is 0 Å². The Morgan fingerprint density at radius 2 is 1.30 bits per heavy atom. The minimum Gasteiger partial charge on any atom is -0.379 e. The second kappa shape index (κ2) is 4.91. The molecule has 0 atom stereocenters. The second-order valence-corrected chi connectivity index (χ2v) is 2.33. The van der Waals surface area contributed by atoms with Crippen molar-refractivity contribution in [3.8, 4) is 0 Å². The first-order valence-electron chi connectivity index (χ1n) is 3.36. The van der Waals surface area contributed by atoms with E-state index in [1.54, 1.807) is 0 Å². The first-order valence-corrected chi connectivity index (χ1v) is 3.36. The third-order valence-electron chi connectivity index (χ3n) is 1.43. The molecule has 0 saturated heterocycles. The highest BCUT2D eigenvalue weighted by molar-refractivity contribution is 4.71. The molecule has 10 heavy (non-hydrogen) atoms. The van der Waals surface area contributed by atoms with Crippen LogP contribution in [-0.2, 0) is 0 Å². The zero-order chi connectivity index (χ0) is 7.98. The topological polar surface area (TPSA) is 6.48 Å². The molecule has 0 heterocycles. The highest BCUT2D eigenvalue weighted by Gasteiger charge is 1.91. The van der Waals surface area contributed by atoms with Gasteiger partial charge in [0.05, 0.1) is 0 Å². The fraction of sp³-hybridized carbons (Fsp3) is 0.500. The smallest absolute Gasteiger partial charge is 0.0344 e. The van der Waals surface area contributed by atoms with Gasteiger partial charge in [-0.15, -0.1) is 0 Å². The van der Waals surface area contributed by atoms with Gasteiger partial charge >= 0.3 is 0 Å². The lowest BCUT2D eigenvalue weighted by atomic mass is 10.5. The maximum Gasteiger partial charge on any atom is 0.0344 e. The second-order valence-electron chi connectivity index (χ2n) is 2.33. The lowest BCUT2D eigenvalue weighted by Gasteiger charge is -2.18. The van der Waals surface area contributed by atoms with E-state index in [1.807, 2.05) is 36.3 Å². The van der Waals surface area contributed by atoms with Gasteiger partial charge in [0.2, 0.25) is 0 Å². The van der Waals surface area contributed by atoms with Crippen molar-refractivity contribution >= 4 is 0 Å². The van der Waals surface area contributed by atoms with Crippen LogP contribution in [0.2, 0.25) is 0 Å². The summed E-state index contributed by atoms with van der Waals surface area (Å²) in [6.07, 6.45) is 3.63. The van der Waals surface area contributed by atoms with Gasteiger partial charge in [-0.2, -0.15) is 0 Å². The van der Waals surface area contributed by atoms with Crippen molar-refractivity contribution in [3.05, 3.63) is 25.6 Å². The molecule has 0 N–H and O–H groups in total. The first-order chi connectivity index (χ1) is 4.70. The molecule has 0 rings (SSSR count). The van der Waals surface area contributed by atoms with Crippen LogP contribution < -0.4 is 0 Å². The van der Waals surface area contributed by atoms with Crippen LogP contribution in [0.15, 0.2) is 25.6 Å². The minimum atomic E-state index is 0.992. The number of nitrogens with zero attached hydrogens (tertiary/aromatic N) is 2. The van der Waals surface area contributed by atoms with Gasteiger partial charge in [-0.05, 0) is 12.4 Å². The van der Waals surface area contributed by atoms with Gasteiger partial charge in [-0.1, -0.05) is 13.2 Å².